The van der Waals surface area contributed by atoms with Gasteiger partial charge in [0.25, 0.3) is 0 Å². The smallest absolute Gasteiger partial charge is 0.0638 e. The topological polar surface area (TPSA) is 47.3 Å². The molecule has 0 saturated carbocycles. The van der Waals surface area contributed by atoms with Crippen LogP contribution in [0.3, 0.4) is 0 Å². The summed E-state index contributed by atoms with van der Waals surface area (Å²) in [7, 11) is 0. The monoisotopic (exact) mass is 248 g/mol. The zero-order valence-corrected chi connectivity index (χ0v) is 11.6. The molecule has 1 heterocycles. The van der Waals surface area contributed by atoms with Crippen molar-refractivity contribution in [3.05, 3.63) is 35.4 Å². The number of rotatable bonds is 2. The highest BCUT2D eigenvalue weighted by atomic mass is 16.5. The Labute approximate surface area is 110 Å². The molecule has 0 amide bonds. The molecule has 3 nitrogen and oxygen atoms in total. The average Bonchev–Trinajstić information content (AvgIpc) is 2.38. The van der Waals surface area contributed by atoms with Crippen LogP contribution in [-0.4, -0.2) is 25.8 Å². The molecule has 3 N–H and O–H groups in total. The number of hydrogen-bond donors (Lipinski definition) is 2. The standard InChI is InChI=1S/C15H24N2O/c1-15(2,3)12-6-4-11(5-7-12)14(16)13-10-18-9-8-17-13/h4-7,13-14,17H,8-10,16H2,1-3H3. The lowest BCUT2D eigenvalue weighted by molar-refractivity contribution is 0.0685. The molecule has 1 aromatic rings. The predicted molar refractivity (Wildman–Crippen MR) is 74.7 cm³/mol. The zero-order chi connectivity index (χ0) is 13.2. The molecule has 2 rings (SSSR count). The van der Waals surface area contributed by atoms with E-state index in [1.807, 2.05) is 0 Å². The second-order valence-corrected chi connectivity index (χ2v) is 6.03. The van der Waals surface area contributed by atoms with E-state index in [1.165, 1.54) is 11.1 Å². The van der Waals surface area contributed by atoms with Crippen molar-refractivity contribution >= 4 is 0 Å². The third-order valence-electron chi connectivity index (χ3n) is 3.55. The van der Waals surface area contributed by atoms with Gasteiger partial charge >= 0.3 is 0 Å². The first kappa shape index (κ1) is 13.5. The van der Waals surface area contributed by atoms with Crippen molar-refractivity contribution in [3.8, 4) is 0 Å². The first-order valence-corrected chi connectivity index (χ1v) is 6.65. The van der Waals surface area contributed by atoms with Crippen LogP contribution >= 0.6 is 0 Å². The van der Waals surface area contributed by atoms with E-state index in [9.17, 15) is 0 Å². The molecule has 100 valence electrons. The highest BCUT2D eigenvalue weighted by Crippen LogP contribution is 2.24. The van der Waals surface area contributed by atoms with E-state index >= 15 is 0 Å². The van der Waals surface area contributed by atoms with Crippen LogP contribution in [0, 0.1) is 0 Å². The summed E-state index contributed by atoms with van der Waals surface area (Å²) in [5.41, 5.74) is 8.99. The van der Waals surface area contributed by atoms with Gasteiger partial charge in [0.1, 0.15) is 0 Å². The molecule has 1 saturated heterocycles. The van der Waals surface area contributed by atoms with Gasteiger partial charge in [0.15, 0.2) is 0 Å². The van der Waals surface area contributed by atoms with E-state index in [0.717, 1.165) is 13.2 Å². The van der Waals surface area contributed by atoms with Crippen molar-refractivity contribution in [2.45, 2.75) is 38.3 Å². The Morgan fingerprint density at radius 3 is 2.44 bits per heavy atom. The summed E-state index contributed by atoms with van der Waals surface area (Å²) >= 11 is 0. The summed E-state index contributed by atoms with van der Waals surface area (Å²) in [5, 5.41) is 3.41. The van der Waals surface area contributed by atoms with Crippen molar-refractivity contribution in [2.75, 3.05) is 19.8 Å². The molecule has 0 radical (unpaired) electrons. The maximum absolute atomic E-state index is 6.29. The summed E-state index contributed by atoms with van der Waals surface area (Å²) in [5.74, 6) is 0. The van der Waals surface area contributed by atoms with Gasteiger partial charge in [-0.1, -0.05) is 45.0 Å². The number of nitrogens with two attached hydrogens (primary N) is 1. The molecule has 0 aromatic heterocycles. The van der Waals surface area contributed by atoms with Crippen LogP contribution in [0.1, 0.15) is 37.9 Å². The van der Waals surface area contributed by atoms with Gasteiger partial charge in [0.2, 0.25) is 0 Å². The van der Waals surface area contributed by atoms with Crippen LogP contribution in [0.25, 0.3) is 0 Å². The van der Waals surface area contributed by atoms with Crippen molar-refractivity contribution in [1.82, 2.24) is 5.32 Å². The maximum Gasteiger partial charge on any atom is 0.0638 e. The van der Waals surface area contributed by atoms with Gasteiger partial charge < -0.3 is 15.8 Å². The Bertz CT molecular complexity index is 374. The second-order valence-electron chi connectivity index (χ2n) is 6.03. The minimum absolute atomic E-state index is 0.000631. The molecule has 2 unspecified atom stereocenters. The third kappa shape index (κ3) is 3.10. The molecule has 2 atom stereocenters. The Kier molecular flexibility index (Phi) is 4.05. The van der Waals surface area contributed by atoms with Gasteiger partial charge in [0, 0.05) is 18.6 Å². The highest BCUT2D eigenvalue weighted by Gasteiger charge is 2.22. The van der Waals surface area contributed by atoms with Crippen molar-refractivity contribution in [2.24, 2.45) is 5.73 Å². The van der Waals surface area contributed by atoms with Gasteiger partial charge in [-0.2, -0.15) is 0 Å². The fraction of sp³-hybridized carbons (Fsp3) is 0.600. The minimum atomic E-state index is -0.000631. The summed E-state index contributed by atoms with van der Waals surface area (Å²) in [6.07, 6.45) is 0. The zero-order valence-electron chi connectivity index (χ0n) is 11.6. The summed E-state index contributed by atoms with van der Waals surface area (Å²) in [6, 6.07) is 8.86. The van der Waals surface area contributed by atoms with E-state index in [-0.39, 0.29) is 17.5 Å². The lowest BCUT2D eigenvalue weighted by Gasteiger charge is -2.29. The first-order chi connectivity index (χ1) is 8.48. The molecule has 1 aliphatic heterocycles. The molecule has 0 aliphatic carbocycles. The van der Waals surface area contributed by atoms with Gasteiger partial charge in [-0.15, -0.1) is 0 Å². The molecule has 1 aliphatic rings. The second kappa shape index (κ2) is 5.39. The Morgan fingerprint density at radius 2 is 1.94 bits per heavy atom. The highest BCUT2D eigenvalue weighted by molar-refractivity contribution is 5.29. The first-order valence-electron chi connectivity index (χ1n) is 6.65. The molecule has 1 aromatic carbocycles. The van der Waals surface area contributed by atoms with Crippen LogP contribution in [0.2, 0.25) is 0 Å². The van der Waals surface area contributed by atoms with E-state index in [0.29, 0.717) is 6.61 Å². The summed E-state index contributed by atoms with van der Waals surface area (Å²) in [4.78, 5) is 0. The van der Waals surface area contributed by atoms with Gasteiger partial charge in [-0.25, -0.2) is 0 Å². The van der Waals surface area contributed by atoms with Crippen LogP contribution in [0.5, 0.6) is 0 Å². The van der Waals surface area contributed by atoms with E-state index < -0.39 is 0 Å². The van der Waals surface area contributed by atoms with E-state index in [2.05, 4.69) is 50.4 Å². The largest absolute Gasteiger partial charge is 0.378 e. The van der Waals surface area contributed by atoms with E-state index in [4.69, 9.17) is 10.5 Å². The molecule has 3 heteroatoms. The number of benzene rings is 1. The lowest BCUT2D eigenvalue weighted by atomic mass is 9.86. The molecule has 18 heavy (non-hydrogen) atoms. The number of nitrogens with one attached hydrogen (secondary N) is 1. The lowest BCUT2D eigenvalue weighted by Crippen LogP contribution is -2.47. The predicted octanol–water partition coefficient (Wildman–Crippen LogP) is 1.97. The van der Waals surface area contributed by atoms with Crippen molar-refractivity contribution in [3.63, 3.8) is 0 Å². The molecule has 0 bridgehead atoms. The fourth-order valence-corrected chi connectivity index (χ4v) is 2.25. The minimum Gasteiger partial charge on any atom is -0.378 e. The van der Waals surface area contributed by atoms with Crippen molar-refractivity contribution < 1.29 is 4.74 Å². The van der Waals surface area contributed by atoms with Gasteiger partial charge in [-0.05, 0) is 16.5 Å². The molecular weight excluding hydrogens is 224 g/mol. The number of ether oxygens (including phenoxy) is 1. The molecule has 1 fully saturated rings. The average molecular weight is 248 g/mol. The summed E-state index contributed by atoms with van der Waals surface area (Å²) in [6.45, 7) is 9.03. The Hall–Kier alpha value is -0.900. The third-order valence-corrected chi connectivity index (χ3v) is 3.55. The normalized spacial score (nSPS) is 22.8. The Balaban J connectivity index is 2.09. The Morgan fingerprint density at radius 1 is 1.28 bits per heavy atom. The van der Waals surface area contributed by atoms with E-state index in [1.54, 1.807) is 0 Å². The SMILES string of the molecule is CC(C)(C)c1ccc(C(N)C2COCCN2)cc1. The van der Waals surface area contributed by atoms with Gasteiger partial charge in [0.05, 0.1) is 13.2 Å². The fourth-order valence-electron chi connectivity index (χ4n) is 2.25. The van der Waals surface area contributed by atoms with Crippen LogP contribution in [-0.2, 0) is 10.2 Å². The van der Waals surface area contributed by atoms with Crippen LogP contribution in [0.4, 0.5) is 0 Å². The molecular formula is C15H24N2O. The molecule has 0 spiro atoms. The number of morpholine rings is 1. The maximum atomic E-state index is 6.29. The van der Waals surface area contributed by atoms with Gasteiger partial charge in [-0.3, -0.25) is 0 Å². The van der Waals surface area contributed by atoms with Crippen LogP contribution < -0.4 is 11.1 Å². The summed E-state index contributed by atoms with van der Waals surface area (Å²) < 4.78 is 5.46. The number of hydrogen-bond acceptors (Lipinski definition) is 3. The van der Waals surface area contributed by atoms with Crippen molar-refractivity contribution in [1.29, 1.82) is 0 Å². The van der Waals surface area contributed by atoms with Crippen LogP contribution in [0.15, 0.2) is 24.3 Å². The quantitative estimate of drug-likeness (QED) is 0.841.